The Morgan fingerprint density at radius 2 is 2.23 bits per heavy atom. The molecule has 2 rings (SSSR count). The Hall–Kier alpha value is -0.0900. The van der Waals surface area contributed by atoms with E-state index in [0.29, 0.717) is 0 Å². The van der Waals surface area contributed by atoms with Crippen molar-refractivity contribution < 1.29 is 0 Å². The van der Waals surface area contributed by atoms with Gasteiger partial charge in [-0.05, 0) is 58.5 Å². The summed E-state index contributed by atoms with van der Waals surface area (Å²) in [5.74, 6) is 0. The Labute approximate surface area is 96.1 Å². The summed E-state index contributed by atoms with van der Waals surface area (Å²) in [5.41, 5.74) is 2.89. The molecule has 1 aromatic carbocycles. The van der Waals surface area contributed by atoms with Crippen LogP contribution in [-0.4, -0.2) is 0 Å². The number of hydrogen-bond donors (Lipinski definition) is 0. The van der Waals surface area contributed by atoms with Crippen molar-refractivity contribution in [1.29, 1.82) is 0 Å². The van der Waals surface area contributed by atoms with Crippen LogP contribution in [0.3, 0.4) is 0 Å². The molecule has 0 saturated carbocycles. The lowest BCUT2D eigenvalue weighted by Gasteiger charge is -2.05. The highest BCUT2D eigenvalue weighted by molar-refractivity contribution is 14.1. The number of halogens is 1. The van der Waals surface area contributed by atoms with E-state index >= 15 is 0 Å². The van der Waals surface area contributed by atoms with Crippen molar-refractivity contribution in [3.05, 3.63) is 32.2 Å². The summed E-state index contributed by atoms with van der Waals surface area (Å²) in [6.45, 7) is 4.42. The number of hydrogen-bond acceptors (Lipinski definition) is 1. The van der Waals surface area contributed by atoms with Gasteiger partial charge < -0.3 is 0 Å². The first-order chi connectivity index (χ1) is 6.24. The van der Waals surface area contributed by atoms with Crippen LogP contribution in [0.5, 0.6) is 0 Å². The second-order valence-electron chi connectivity index (χ2n) is 3.18. The second kappa shape index (κ2) is 3.58. The first-order valence-electron chi connectivity index (χ1n) is 4.39. The smallest absolute Gasteiger partial charge is 0.0385 e. The van der Waals surface area contributed by atoms with Crippen molar-refractivity contribution in [1.82, 2.24) is 0 Å². The SMILES string of the molecule is CCc1cc(C)c(I)c2ccsc12. The molecule has 2 aromatic rings. The molecule has 0 atom stereocenters. The Morgan fingerprint density at radius 1 is 1.46 bits per heavy atom. The highest BCUT2D eigenvalue weighted by Gasteiger charge is 2.06. The van der Waals surface area contributed by atoms with E-state index in [9.17, 15) is 0 Å². The number of thiophene rings is 1. The predicted molar refractivity (Wildman–Crippen MR) is 68.7 cm³/mol. The Balaban J connectivity index is 2.87. The van der Waals surface area contributed by atoms with Gasteiger partial charge in [0.15, 0.2) is 0 Å². The second-order valence-corrected chi connectivity index (χ2v) is 5.18. The largest absolute Gasteiger partial charge is 0.143 e. The van der Waals surface area contributed by atoms with E-state index in [1.165, 1.54) is 24.8 Å². The summed E-state index contributed by atoms with van der Waals surface area (Å²) in [6, 6.07) is 4.55. The highest BCUT2D eigenvalue weighted by Crippen LogP contribution is 2.31. The zero-order chi connectivity index (χ0) is 9.42. The van der Waals surface area contributed by atoms with Gasteiger partial charge in [-0.3, -0.25) is 0 Å². The molecule has 0 saturated heterocycles. The van der Waals surface area contributed by atoms with Crippen LogP contribution in [0.4, 0.5) is 0 Å². The van der Waals surface area contributed by atoms with Crippen molar-refractivity contribution in [2.75, 3.05) is 0 Å². The lowest BCUT2D eigenvalue weighted by molar-refractivity contribution is 1.15. The van der Waals surface area contributed by atoms with Crippen LogP contribution in [0, 0.1) is 10.5 Å². The fraction of sp³-hybridized carbons (Fsp3) is 0.273. The summed E-state index contributed by atoms with van der Waals surface area (Å²) < 4.78 is 2.88. The molecule has 0 unspecified atom stereocenters. The molecule has 0 fully saturated rings. The molecule has 0 nitrogen and oxygen atoms in total. The van der Waals surface area contributed by atoms with Gasteiger partial charge in [0.05, 0.1) is 0 Å². The summed E-state index contributed by atoms with van der Waals surface area (Å²) in [5, 5.41) is 3.62. The molecule has 2 heteroatoms. The maximum absolute atomic E-state index is 2.44. The van der Waals surface area contributed by atoms with Gasteiger partial charge in [-0.15, -0.1) is 11.3 Å². The average molecular weight is 302 g/mol. The van der Waals surface area contributed by atoms with Crippen molar-refractivity contribution in [3.8, 4) is 0 Å². The van der Waals surface area contributed by atoms with Gasteiger partial charge in [0.25, 0.3) is 0 Å². The quantitative estimate of drug-likeness (QED) is 0.686. The minimum absolute atomic E-state index is 1.13. The van der Waals surface area contributed by atoms with E-state index in [1.807, 2.05) is 11.3 Å². The third-order valence-electron chi connectivity index (χ3n) is 2.31. The monoisotopic (exact) mass is 302 g/mol. The summed E-state index contributed by atoms with van der Waals surface area (Å²) in [4.78, 5) is 0. The Bertz CT molecular complexity index is 443. The molecule has 0 spiro atoms. The van der Waals surface area contributed by atoms with Crippen LogP contribution in [0.2, 0.25) is 0 Å². The molecule has 0 aliphatic rings. The van der Waals surface area contributed by atoms with Crippen molar-refractivity contribution in [2.24, 2.45) is 0 Å². The molecule has 1 aromatic heterocycles. The molecule has 0 aliphatic carbocycles. The van der Waals surface area contributed by atoms with Crippen molar-refractivity contribution >= 4 is 44.0 Å². The van der Waals surface area contributed by atoms with E-state index in [4.69, 9.17) is 0 Å². The fourth-order valence-electron chi connectivity index (χ4n) is 1.60. The molecule has 0 radical (unpaired) electrons. The van der Waals surface area contributed by atoms with Crippen LogP contribution in [0.25, 0.3) is 10.1 Å². The number of fused-ring (bicyclic) bond motifs is 1. The molecule has 0 amide bonds. The Kier molecular flexibility index (Phi) is 2.60. The molecular formula is C11H11IS. The third kappa shape index (κ3) is 1.50. The fourth-order valence-corrected chi connectivity index (χ4v) is 3.38. The third-order valence-corrected chi connectivity index (χ3v) is 4.73. The molecule has 0 bridgehead atoms. The number of rotatable bonds is 1. The van der Waals surface area contributed by atoms with Crippen LogP contribution >= 0.6 is 33.9 Å². The van der Waals surface area contributed by atoms with Crippen molar-refractivity contribution in [2.45, 2.75) is 20.3 Å². The Morgan fingerprint density at radius 3 is 2.92 bits per heavy atom. The first kappa shape index (κ1) is 9.46. The van der Waals surface area contributed by atoms with E-state index in [2.05, 4.69) is 54.0 Å². The van der Waals surface area contributed by atoms with Gasteiger partial charge in [0.2, 0.25) is 0 Å². The topological polar surface area (TPSA) is 0 Å². The van der Waals surface area contributed by atoms with Crippen LogP contribution < -0.4 is 0 Å². The lowest BCUT2D eigenvalue weighted by atomic mass is 10.1. The van der Waals surface area contributed by atoms with E-state index in [0.717, 1.165) is 6.42 Å². The zero-order valence-corrected chi connectivity index (χ0v) is 10.7. The normalized spacial score (nSPS) is 11.0. The lowest BCUT2D eigenvalue weighted by Crippen LogP contribution is -1.86. The van der Waals surface area contributed by atoms with Crippen LogP contribution in [-0.2, 0) is 6.42 Å². The first-order valence-corrected chi connectivity index (χ1v) is 6.35. The predicted octanol–water partition coefficient (Wildman–Crippen LogP) is 4.38. The number of benzene rings is 1. The maximum atomic E-state index is 2.44. The average Bonchev–Trinajstić information content (AvgIpc) is 2.60. The van der Waals surface area contributed by atoms with Crippen LogP contribution in [0.1, 0.15) is 18.1 Å². The molecule has 13 heavy (non-hydrogen) atoms. The van der Waals surface area contributed by atoms with Gasteiger partial charge in [-0.1, -0.05) is 13.0 Å². The summed E-state index contributed by atoms with van der Waals surface area (Å²) in [7, 11) is 0. The molecule has 0 aliphatic heterocycles. The minimum Gasteiger partial charge on any atom is -0.143 e. The minimum atomic E-state index is 1.13. The molecule has 0 N–H and O–H groups in total. The molecule has 68 valence electrons. The van der Waals surface area contributed by atoms with E-state index in [1.54, 1.807) is 0 Å². The standard InChI is InChI=1S/C11H11IS/c1-3-8-6-7(2)10(12)9-4-5-13-11(8)9/h4-6H,3H2,1-2H3. The summed E-state index contributed by atoms with van der Waals surface area (Å²) >= 11 is 4.30. The van der Waals surface area contributed by atoms with Crippen molar-refractivity contribution in [3.63, 3.8) is 0 Å². The van der Waals surface area contributed by atoms with Gasteiger partial charge in [0.1, 0.15) is 0 Å². The van der Waals surface area contributed by atoms with Gasteiger partial charge in [-0.2, -0.15) is 0 Å². The zero-order valence-electron chi connectivity index (χ0n) is 7.73. The summed E-state index contributed by atoms with van der Waals surface area (Å²) in [6.07, 6.45) is 1.13. The van der Waals surface area contributed by atoms with Gasteiger partial charge >= 0.3 is 0 Å². The molecule has 1 heterocycles. The highest BCUT2D eigenvalue weighted by atomic mass is 127. The van der Waals surface area contributed by atoms with Gasteiger partial charge in [-0.25, -0.2) is 0 Å². The maximum Gasteiger partial charge on any atom is 0.0385 e. The van der Waals surface area contributed by atoms with Crippen LogP contribution in [0.15, 0.2) is 17.5 Å². The number of aryl methyl sites for hydroxylation is 2. The van der Waals surface area contributed by atoms with E-state index in [-0.39, 0.29) is 0 Å². The van der Waals surface area contributed by atoms with Gasteiger partial charge in [0, 0.05) is 13.7 Å². The molecular weight excluding hydrogens is 291 g/mol. The van der Waals surface area contributed by atoms with E-state index < -0.39 is 0 Å².